The van der Waals surface area contributed by atoms with Gasteiger partial charge in [-0.05, 0) is 25.1 Å². The summed E-state index contributed by atoms with van der Waals surface area (Å²) in [6.45, 7) is 1.50. The van der Waals surface area contributed by atoms with Crippen molar-refractivity contribution in [3.05, 3.63) is 59.9 Å². The minimum Gasteiger partial charge on any atom is -0.392 e. The van der Waals surface area contributed by atoms with Crippen molar-refractivity contribution in [3.8, 4) is 0 Å². The summed E-state index contributed by atoms with van der Waals surface area (Å²) in [5, 5.41) is 16.2. The predicted molar refractivity (Wildman–Crippen MR) is 101 cm³/mol. The zero-order chi connectivity index (χ0) is 20.5. The number of carbonyl (C=O) groups is 3. The van der Waals surface area contributed by atoms with Crippen LogP contribution in [0, 0.1) is 17.7 Å². The van der Waals surface area contributed by atoms with E-state index in [0.29, 0.717) is 11.3 Å². The van der Waals surface area contributed by atoms with Gasteiger partial charge in [0.15, 0.2) is 0 Å². The van der Waals surface area contributed by atoms with Gasteiger partial charge in [-0.2, -0.15) is 0 Å². The van der Waals surface area contributed by atoms with E-state index in [1.54, 1.807) is 24.3 Å². The Kier molecular flexibility index (Phi) is 3.68. The first kappa shape index (κ1) is 18.0. The lowest BCUT2D eigenvalue weighted by atomic mass is 9.76. The fourth-order valence-corrected chi connectivity index (χ4v) is 4.97. The van der Waals surface area contributed by atoms with E-state index in [1.807, 2.05) is 0 Å². The first-order valence-corrected chi connectivity index (χ1v) is 9.37. The van der Waals surface area contributed by atoms with Gasteiger partial charge < -0.3 is 10.4 Å². The molecule has 0 saturated carbocycles. The van der Waals surface area contributed by atoms with Gasteiger partial charge in [-0.15, -0.1) is 0 Å². The van der Waals surface area contributed by atoms with Crippen molar-refractivity contribution in [1.29, 1.82) is 0 Å². The molecule has 2 aromatic carbocycles. The average Bonchev–Trinajstić information content (AvgIpc) is 3.28. The standard InChI is InChI=1S/C21H18FN3O4/c1-10(26)17-15-16(19(28)25(18(15)27)14-9-5-3-7-12(14)22)21(24-17)11-6-2-4-8-13(11)23-20(21)29/h2-10,15-17,24,26H,1H3,(H,23,29)/t10-,15-,16-,17-,21-/m0/s1. The van der Waals surface area contributed by atoms with Crippen molar-refractivity contribution in [2.45, 2.75) is 24.6 Å². The van der Waals surface area contributed by atoms with Crippen molar-refractivity contribution in [2.75, 3.05) is 10.2 Å². The van der Waals surface area contributed by atoms with Gasteiger partial charge >= 0.3 is 0 Å². The second-order valence-electron chi connectivity index (χ2n) is 7.69. The number of imide groups is 1. The highest BCUT2D eigenvalue weighted by Crippen LogP contribution is 2.53. The van der Waals surface area contributed by atoms with Crippen LogP contribution in [0.25, 0.3) is 0 Å². The van der Waals surface area contributed by atoms with Gasteiger partial charge in [0.25, 0.3) is 0 Å². The van der Waals surface area contributed by atoms with Crippen molar-refractivity contribution < 1.29 is 23.9 Å². The monoisotopic (exact) mass is 395 g/mol. The molecule has 1 spiro atoms. The lowest BCUT2D eigenvalue weighted by Crippen LogP contribution is -2.55. The largest absolute Gasteiger partial charge is 0.392 e. The van der Waals surface area contributed by atoms with Crippen molar-refractivity contribution in [2.24, 2.45) is 11.8 Å². The highest BCUT2D eigenvalue weighted by Gasteiger charge is 2.71. The fourth-order valence-electron chi connectivity index (χ4n) is 4.97. The number of hydrogen-bond donors (Lipinski definition) is 3. The van der Waals surface area contributed by atoms with E-state index in [2.05, 4.69) is 10.6 Å². The quantitative estimate of drug-likeness (QED) is 0.663. The molecule has 2 saturated heterocycles. The van der Waals surface area contributed by atoms with Gasteiger partial charge in [-0.25, -0.2) is 9.29 Å². The minimum atomic E-state index is -1.50. The number of hydrogen-bond acceptors (Lipinski definition) is 5. The molecule has 5 rings (SSSR count). The topological polar surface area (TPSA) is 98.7 Å². The molecule has 0 aliphatic carbocycles. The number of para-hydroxylation sites is 2. The molecule has 0 unspecified atom stereocenters. The Balaban J connectivity index is 1.71. The molecular formula is C21H18FN3O4. The number of nitrogens with one attached hydrogen (secondary N) is 2. The summed E-state index contributed by atoms with van der Waals surface area (Å²) in [6, 6.07) is 11.6. The van der Waals surface area contributed by atoms with Crippen LogP contribution in [0.2, 0.25) is 0 Å². The Morgan fingerprint density at radius 2 is 1.76 bits per heavy atom. The van der Waals surface area contributed by atoms with Crippen LogP contribution in [0.15, 0.2) is 48.5 Å². The molecule has 0 bridgehead atoms. The first-order chi connectivity index (χ1) is 13.9. The third-order valence-electron chi connectivity index (χ3n) is 6.17. The Bertz CT molecular complexity index is 1070. The molecule has 3 N–H and O–H groups in total. The van der Waals surface area contributed by atoms with Gasteiger partial charge in [0.05, 0.1) is 23.6 Å². The maximum Gasteiger partial charge on any atom is 0.250 e. The Morgan fingerprint density at radius 3 is 2.48 bits per heavy atom. The van der Waals surface area contributed by atoms with Gasteiger partial charge in [-0.1, -0.05) is 30.3 Å². The molecule has 2 fully saturated rings. The molecule has 7 nitrogen and oxygen atoms in total. The number of anilines is 2. The molecule has 0 radical (unpaired) electrons. The van der Waals surface area contributed by atoms with Crippen LogP contribution in [0.5, 0.6) is 0 Å². The fraction of sp³-hybridized carbons (Fsp3) is 0.286. The highest BCUT2D eigenvalue weighted by molar-refractivity contribution is 6.25. The summed E-state index contributed by atoms with van der Waals surface area (Å²) in [7, 11) is 0. The van der Waals surface area contributed by atoms with Crippen LogP contribution >= 0.6 is 0 Å². The number of amides is 3. The van der Waals surface area contributed by atoms with Gasteiger partial charge in [-0.3, -0.25) is 19.7 Å². The van der Waals surface area contributed by atoms with Crippen molar-refractivity contribution in [1.82, 2.24) is 5.32 Å². The van der Waals surface area contributed by atoms with Gasteiger partial charge in [0, 0.05) is 17.3 Å². The second-order valence-corrected chi connectivity index (χ2v) is 7.69. The number of carbonyl (C=O) groups excluding carboxylic acids is 3. The number of nitrogens with zero attached hydrogens (tertiary/aromatic N) is 1. The summed E-state index contributed by atoms with van der Waals surface area (Å²) in [6.07, 6.45) is -1.01. The highest BCUT2D eigenvalue weighted by atomic mass is 19.1. The van der Waals surface area contributed by atoms with Crippen molar-refractivity contribution in [3.63, 3.8) is 0 Å². The Hall–Kier alpha value is -3.10. The molecule has 3 heterocycles. The molecule has 148 valence electrons. The van der Waals surface area contributed by atoms with Crippen LogP contribution in [-0.2, 0) is 19.9 Å². The number of benzene rings is 2. The van der Waals surface area contributed by atoms with Gasteiger partial charge in [0.2, 0.25) is 17.7 Å². The lowest BCUT2D eigenvalue weighted by molar-refractivity contribution is -0.130. The Labute approximate surface area is 165 Å². The first-order valence-electron chi connectivity index (χ1n) is 9.37. The molecule has 0 aromatic heterocycles. The summed E-state index contributed by atoms with van der Waals surface area (Å²) >= 11 is 0. The predicted octanol–water partition coefficient (Wildman–Crippen LogP) is 1.13. The maximum absolute atomic E-state index is 14.4. The van der Waals surface area contributed by atoms with E-state index in [0.717, 1.165) is 4.90 Å². The zero-order valence-electron chi connectivity index (χ0n) is 15.4. The smallest absolute Gasteiger partial charge is 0.250 e. The number of aliphatic hydroxyl groups excluding tert-OH is 1. The normalized spacial score (nSPS) is 31.2. The molecule has 3 aliphatic heterocycles. The van der Waals surface area contributed by atoms with Crippen LogP contribution < -0.4 is 15.5 Å². The summed E-state index contributed by atoms with van der Waals surface area (Å²) in [5.74, 6) is -4.56. The SMILES string of the molecule is C[C@H](O)[C@@H]1N[C@]2(C(=O)Nc3ccccc32)[C@@H]2C(=O)N(c3ccccc3F)C(=O)[C@H]12. The minimum absolute atomic E-state index is 0.150. The number of fused-ring (bicyclic) bond motifs is 4. The summed E-state index contributed by atoms with van der Waals surface area (Å²) in [5.41, 5.74) is -0.572. The maximum atomic E-state index is 14.4. The molecule has 3 aliphatic rings. The molecule has 3 amide bonds. The third-order valence-corrected chi connectivity index (χ3v) is 6.17. The van der Waals surface area contributed by atoms with Crippen LogP contribution in [0.1, 0.15) is 12.5 Å². The van der Waals surface area contributed by atoms with Crippen LogP contribution in [0.3, 0.4) is 0 Å². The van der Waals surface area contributed by atoms with Crippen LogP contribution in [0.4, 0.5) is 15.8 Å². The van der Waals surface area contributed by atoms with Gasteiger partial charge in [0.1, 0.15) is 11.4 Å². The average molecular weight is 395 g/mol. The third kappa shape index (κ3) is 2.15. The summed E-state index contributed by atoms with van der Waals surface area (Å²) in [4.78, 5) is 40.7. The van der Waals surface area contributed by atoms with E-state index in [1.165, 1.54) is 31.2 Å². The molecule has 5 atom stereocenters. The van der Waals surface area contributed by atoms with E-state index in [-0.39, 0.29) is 5.69 Å². The molecule has 29 heavy (non-hydrogen) atoms. The van der Waals surface area contributed by atoms with Crippen molar-refractivity contribution >= 4 is 29.1 Å². The number of aliphatic hydroxyl groups is 1. The number of rotatable bonds is 2. The van der Waals surface area contributed by atoms with E-state index < -0.39 is 53.1 Å². The van der Waals surface area contributed by atoms with E-state index in [4.69, 9.17) is 0 Å². The summed E-state index contributed by atoms with van der Waals surface area (Å²) < 4.78 is 14.4. The molecule has 2 aromatic rings. The molecular weight excluding hydrogens is 377 g/mol. The van der Waals surface area contributed by atoms with Crippen LogP contribution in [-0.4, -0.2) is 35.0 Å². The molecule has 8 heteroatoms. The Morgan fingerprint density at radius 1 is 1.07 bits per heavy atom. The van der Waals surface area contributed by atoms with E-state index in [9.17, 15) is 23.9 Å². The van der Waals surface area contributed by atoms with E-state index >= 15 is 0 Å². The zero-order valence-corrected chi connectivity index (χ0v) is 15.4. The lowest BCUT2D eigenvalue weighted by Gasteiger charge is -2.30. The second kappa shape index (κ2) is 5.95. The number of halogens is 1.